The SMILES string of the molecule is COc1ccccc1C1=C(Nc2ccc(N3CCCC3)cc2)C(=O)N(c2cccc(C)c2C)C1=O. The van der Waals surface area contributed by atoms with Gasteiger partial charge in [-0.2, -0.15) is 0 Å². The minimum Gasteiger partial charge on any atom is -0.496 e. The van der Waals surface area contributed by atoms with Gasteiger partial charge in [-0.05, 0) is 74.2 Å². The molecule has 1 saturated heterocycles. The molecule has 0 atom stereocenters. The maximum absolute atomic E-state index is 13.8. The average molecular weight is 468 g/mol. The van der Waals surface area contributed by atoms with Gasteiger partial charge in [-0.3, -0.25) is 9.59 Å². The van der Waals surface area contributed by atoms with Crippen molar-refractivity contribution < 1.29 is 14.3 Å². The Morgan fingerprint density at radius 3 is 2.26 bits per heavy atom. The highest BCUT2D eigenvalue weighted by molar-refractivity contribution is 6.46. The van der Waals surface area contributed by atoms with Crippen LogP contribution in [0.3, 0.4) is 0 Å². The van der Waals surface area contributed by atoms with Gasteiger partial charge < -0.3 is 15.0 Å². The Morgan fingerprint density at radius 1 is 0.829 bits per heavy atom. The number of amides is 2. The number of hydrogen-bond acceptors (Lipinski definition) is 5. The van der Waals surface area contributed by atoms with E-state index in [9.17, 15) is 9.59 Å². The lowest BCUT2D eigenvalue weighted by atomic mass is 10.0. The van der Waals surface area contributed by atoms with Crippen LogP contribution in [0.4, 0.5) is 17.1 Å². The van der Waals surface area contributed by atoms with Gasteiger partial charge in [0, 0.05) is 30.0 Å². The topological polar surface area (TPSA) is 61.9 Å². The first kappa shape index (κ1) is 22.7. The number of para-hydroxylation sites is 1. The van der Waals surface area contributed by atoms with Crippen molar-refractivity contribution in [3.63, 3.8) is 0 Å². The van der Waals surface area contributed by atoms with E-state index in [4.69, 9.17) is 4.74 Å². The number of methoxy groups -OCH3 is 1. The van der Waals surface area contributed by atoms with Gasteiger partial charge >= 0.3 is 0 Å². The molecule has 0 spiro atoms. The van der Waals surface area contributed by atoms with E-state index in [0.717, 1.165) is 35.6 Å². The molecular formula is C29H29N3O3. The monoisotopic (exact) mass is 467 g/mol. The van der Waals surface area contributed by atoms with E-state index < -0.39 is 0 Å². The van der Waals surface area contributed by atoms with Crippen molar-refractivity contribution in [2.45, 2.75) is 26.7 Å². The average Bonchev–Trinajstić information content (AvgIpc) is 3.49. The minimum absolute atomic E-state index is 0.245. The van der Waals surface area contributed by atoms with Crippen molar-refractivity contribution in [1.82, 2.24) is 0 Å². The lowest BCUT2D eigenvalue weighted by Crippen LogP contribution is -2.33. The molecule has 6 heteroatoms. The van der Waals surface area contributed by atoms with E-state index >= 15 is 0 Å². The Morgan fingerprint density at radius 2 is 1.54 bits per heavy atom. The molecule has 2 amide bonds. The predicted octanol–water partition coefficient (Wildman–Crippen LogP) is 5.31. The van der Waals surface area contributed by atoms with E-state index in [2.05, 4.69) is 22.3 Å². The van der Waals surface area contributed by atoms with Crippen LogP contribution in [0.25, 0.3) is 5.57 Å². The third-order valence-electron chi connectivity index (χ3n) is 6.89. The zero-order chi connectivity index (χ0) is 24.5. The highest BCUT2D eigenvalue weighted by Gasteiger charge is 2.41. The van der Waals surface area contributed by atoms with Crippen molar-refractivity contribution in [1.29, 1.82) is 0 Å². The first-order chi connectivity index (χ1) is 17.0. The predicted molar refractivity (Wildman–Crippen MR) is 140 cm³/mol. The van der Waals surface area contributed by atoms with Crippen LogP contribution in [0.5, 0.6) is 5.75 Å². The molecule has 1 fully saturated rings. The van der Waals surface area contributed by atoms with E-state index in [1.54, 1.807) is 13.2 Å². The first-order valence-electron chi connectivity index (χ1n) is 11.9. The fourth-order valence-electron chi connectivity index (χ4n) is 4.82. The summed E-state index contributed by atoms with van der Waals surface area (Å²) in [6.45, 7) is 6.03. The number of nitrogens with zero attached hydrogens (tertiary/aromatic N) is 2. The second-order valence-electron chi connectivity index (χ2n) is 8.98. The fraction of sp³-hybridized carbons (Fsp3) is 0.241. The largest absolute Gasteiger partial charge is 0.496 e. The number of aryl methyl sites for hydroxylation is 1. The summed E-state index contributed by atoms with van der Waals surface area (Å²) < 4.78 is 5.55. The van der Waals surface area contributed by atoms with Crippen molar-refractivity contribution in [2.24, 2.45) is 0 Å². The van der Waals surface area contributed by atoms with E-state index in [1.165, 1.54) is 17.7 Å². The van der Waals surface area contributed by atoms with Crippen molar-refractivity contribution in [3.05, 3.63) is 89.1 Å². The molecule has 0 bridgehead atoms. The Balaban J connectivity index is 1.57. The number of ether oxygens (including phenoxy) is 1. The van der Waals surface area contributed by atoms with Crippen LogP contribution in [0.15, 0.2) is 72.4 Å². The lowest BCUT2D eigenvalue weighted by molar-refractivity contribution is -0.120. The summed E-state index contributed by atoms with van der Waals surface area (Å²) in [6, 6.07) is 21.0. The maximum Gasteiger partial charge on any atom is 0.282 e. The molecule has 3 aromatic carbocycles. The van der Waals surface area contributed by atoms with Gasteiger partial charge in [0.25, 0.3) is 11.8 Å². The summed E-state index contributed by atoms with van der Waals surface area (Å²) in [5.74, 6) is -0.215. The number of nitrogens with one attached hydrogen (secondary N) is 1. The van der Waals surface area contributed by atoms with Crippen LogP contribution in [-0.4, -0.2) is 32.0 Å². The molecule has 0 aliphatic carbocycles. The zero-order valence-electron chi connectivity index (χ0n) is 20.3. The molecule has 1 N–H and O–H groups in total. The standard InChI is InChI=1S/C29H29N3O3/c1-19-9-8-11-24(20(19)2)32-28(33)26(23-10-4-5-12-25(23)35-3)27(29(32)34)30-21-13-15-22(16-14-21)31-17-6-7-18-31/h4-5,8-16,30H,6-7,17-18H2,1-3H3. The van der Waals surface area contributed by atoms with Gasteiger partial charge in [-0.1, -0.05) is 30.3 Å². The Bertz CT molecular complexity index is 1320. The van der Waals surface area contributed by atoms with Crippen molar-refractivity contribution >= 4 is 34.4 Å². The molecule has 0 aromatic heterocycles. The number of benzene rings is 3. The summed E-state index contributed by atoms with van der Waals surface area (Å²) in [5, 5.41) is 3.27. The van der Waals surface area contributed by atoms with Crippen molar-refractivity contribution in [3.8, 4) is 5.75 Å². The molecular weight excluding hydrogens is 438 g/mol. The Labute approximate surface area is 205 Å². The third-order valence-corrected chi connectivity index (χ3v) is 6.89. The first-order valence-corrected chi connectivity index (χ1v) is 11.9. The zero-order valence-corrected chi connectivity index (χ0v) is 20.3. The van der Waals surface area contributed by atoms with Gasteiger partial charge in [0.15, 0.2) is 0 Å². The smallest absolute Gasteiger partial charge is 0.282 e. The van der Waals surface area contributed by atoms with E-state index in [0.29, 0.717) is 22.6 Å². The van der Waals surface area contributed by atoms with Crippen LogP contribution in [0, 0.1) is 13.8 Å². The molecule has 35 heavy (non-hydrogen) atoms. The van der Waals surface area contributed by atoms with Gasteiger partial charge in [0.2, 0.25) is 0 Å². The minimum atomic E-state index is -0.381. The van der Waals surface area contributed by atoms with E-state index in [1.807, 2.05) is 62.4 Å². The van der Waals surface area contributed by atoms with Crippen LogP contribution in [0.2, 0.25) is 0 Å². The van der Waals surface area contributed by atoms with Crippen LogP contribution in [-0.2, 0) is 9.59 Å². The number of anilines is 3. The van der Waals surface area contributed by atoms with Gasteiger partial charge in [0.1, 0.15) is 11.4 Å². The normalized spacial score (nSPS) is 15.9. The van der Waals surface area contributed by atoms with Crippen LogP contribution < -0.4 is 19.9 Å². The maximum atomic E-state index is 13.8. The quantitative estimate of drug-likeness (QED) is 0.498. The molecule has 5 rings (SSSR count). The second kappa shape index (κ2) is 9.29. The van der Waals surface area contributed by atoms with Gasteiger partial charge in [0.05, 0.1) is 18.4 Å². The molecule has 6 nitrogen and oxygen atoms in total. The molecule has 2 aliphatic rings. The summed E-state index contributed by atoms with van der Waals surface area (Å²) in [4.78, 5) is 31.2. The number of carbonyl (C=O) groups excluding carboxylic acids is 2. The molecule has 0 saturated carbocycles. The van der Waals surface area contributed by atoms with E-state index in [-0.39, 0.29) is 17.5 Å². The highest BCUT2D eigenvalue weighted by Crippen LogP contribution is 2.38. The number of rotatable bonds is 6. The second-order valence-corrected chi connectivity index (χ2v) is 8.98. The van der Waals surface area contributed by atoms with Crippen molar-refractivity contribution in [2.75, 3.05) is 35.3 Å². The molecule has 0 unspecified atom stereocenters. The van der Waals surface area contributed by atoms with Crippen LogP contribution >= 0.6 is 0 Å². The lowest BCUT2D eigenvalue weighted by Gasteiger charge is -2.19. The number of imide groups is 1. The number of hydrogen-bond donors (Lipinski definition) is 1. The molecule has 178 valence electrons. The fourth-order valence-corrected chi connectivity index (χ4v) is 4.82. The molecule has 3 aromatic rings. The van der Waals surface area contributed by atoms with Gasteiger partial charge in [-0.15, -0.1) is 0 Å². The summed E-state index contributed by atoms with van der Waals surface area (Å²) in [5.41, 5.74) is 5.54. The number of carbonyl (C=O) groups is 2. The summed E-state index contributed by atoms with van der Waals surface area (Å²) in [7, 11) is 1.56. The molecule has 0 radical (unpaired) electrons. The Kier molecular flexibility index (Phi) is 6.03. The molecule has 2 heterocycles. The summed E-state index contributed by atoms with van der Waals surface area (Å²) >= 11 is 0. The third kappa shape index (κ3) is 4.05. The highest BCUT2D eigenvalue weighted by atomic mass is 16.5. The Hall–Kier alpha value is -4.06. The summed E-state index contributed by atoms with van der Waals surface area (Å²) in [6.07, 6.45) is 2.42. The molecule has 2 aliphatic heterocycles. The van der Waals surface area contributed by atoms with Gasteiger partial charge in [-0.25, -0.2) is 4.90 Å². The van der Waals surface area contributed by atoms with Crippen LogP contribution in [0.1, 0.15) is 29.5 Å².